The molecule has 0 radical (unpaired) electrons. The van der Waals surface area contributed by atoms with Crippen LogP contribution in [-0.2, 0) is 9.53 Å². The summed E-state index contributed by atoms with van der Waals surface area (Å²) >= 11 is 0. The first-order valence-corrected chi connectivity index (χ1v) is 5.46. The van der Waals surface area contributed by atoms with Crippen LogP contribution in [0.4, 0.5) is 10.1 Å². The minimum Gasteiger partial charge on any atom is -0.495 e. The molecule has 0 amide bonds. The van der Waals surface area contributed by atoms with Crippen LogP contribution in [-0.4, -0.2) is 36.5 Å². The van der Waals surface area contributed by atoms with Gasteiger partial charge in [0.15, 0.2) is 0 Å². The maximum absolute atomic E-state index is 13.7. The van der Waals surface area contributed by atoms with Crippen molar-refractivity contribution in [3.8, 4) is 5.75 Å². The largest absolute Gasteiger partial charge is 0.495 e. The highest BCUT2D eigenvalue weighted by Gasteiger charge is 2.25. The molecule has 0 aromatic heterocycles. The second kappa shape index (κ2) is 6.35. The Bertz CT molecular complexity index is 466. The van der Waals surface area contributed by atoms with Crippen molar-refractivity contribution in [2.45, 2.75) is 18.6 Å². The maximum atomic E-state index is 13.7. The highest BCUT2D eigenvalue weighted by molar-refractivity contribution is 5.69. The smallest absolute Gasteiger partial charge is 0.308 e. The second-order valence-corrected chi connectivity index (χ2v) is 3.91. The van der Waals surface area contributed by atoms with E-state index in [0.29, 0.717) is 0 Å². The van der Waals surface area contributed by atoms with Crippen molar-refractivity contribution in [2.75, 3.05) is 20.0 Å². The number of aliphatic hydroxyl groups excluding tert-OH is 2. The van der Waals surface area contributed by atoms with E-state index in [2.05, 4.69) is 4.74 Å². The molecule has 0 spiro atoms. The fraction of sp³-hybridized carbons (Fsp3) is 0.417. The van der Waals surface area contributed by atoms with Gasteiger partial charge in [0.05, 0.1) is 32.4 Å². The number of anilines is 1. The summed E-state index contributed by atoms with van der Waals surface area (Å²) in [6.45, 7) is 0. The van der Waals surface area contributed by atoms with Gasteiger partial charge in [-0.2, -0.15) is 0 Å². The maximum Gasteiger partial charge on any atom is 0.308 e. The van der Waals surface area contributed by atoms with Crippen LogP contribution in [0.25, 0.3) is 0 Å². The Hall–Kier alpha value is -1.86. The van der Waals surface area contributed by atoms with Crippen LogP contribution in [0.15, 0.2) is 12.1 Å². The van der Waals surface area contributed by atoms with Gasteiger partial charge in [-0.25, -0.2) is 4.39 Å². The van der Waals surface area contributed by atoms with Crippen LogP contribution < -0.4 is 10.5 Å². The molecule has 0 aliphatic heterocycles. The molecule has 0 aliphatic carbocycles. The van der Waals surface area contributed by atoms with Gasteiger partial charge in [0.1, 0.15) is 17.7 Å². The molecule has 2 atom stereocenters. The monoisotopic (exact) mass is 273 g/mol. The molecule has 0 aliphatic rings. The molecule has 0 fully saturated rings. The van der Waals surface area contributed by atoms with Gasteiger partial charge in [-0.1, -0.05) is 0 Å². The average Bonchev–Trinajstić information content (AvgIpc) is 2.38. The Morgan fingerprint density at radius 2 is 2.05 bits per heavy atom. The first kappa shape index (κ1) is 15.2. The summed E-state index contributed by atoms with van der Waals surface area (Å²) in [5.41, 5.74) is 5.36. The Labute approximate surface area is 109 Å². The first-order valence-electron chi connectivity index (χ1n) is 5.46. The third-order valence-electron chi connectivity index (χ3n) is 2.64. The van der Waals surface area contributed by atoms with Crippen molar-refractivity contribution in [3.63, 3.8) is 0 Å². The summed E-state index contributed by atoms with van der Waals surface area (Å²) in [7, 11) is 2.49. The van der Waals surface area contributed by atoms with E-state index < -0.39 is 30.4 Å². The van der Waals surface area contributed by atoms with Gasteiger partial charge >= 0.3 is 5.97 Å². The van der Waals surface area contributed by atoms with Crippen LogP contribution in [0.5, 0.6) is 5.75 Å². The Kier molecular flexibility index (Phi) is 5.08. The van der Waals surface area contributed by atoms with Crippen molar-refractivity contribution in [3.05, 3.63) is 23.5 Å². The van der Waals surface area contributed by atoms with E-state index in [0.717, 1.165) is 13.2 Å². The van der Waals surface area contributed by atoms with Gasteiger partial charge in [0, 0.05) is 11.6 Å². The average molecular weight is 273 g/mol. The minimum absolute atomic E-state index is 0.0680. The number of carbonyl (C=O) groups is 1. The molecule has 1 aromatic carbocycles. The third-order valence-corrected chi connectivity index (χ3v) is 2.64. The number of ether oxygens (including phenoxy) is 2. The number of aliphatic hydroxyl groups is 2. The molecule has 2 unspecified atom stereocenters. The normalized spacial score (nSPS) is 13.7. The van der Waals surface area contributed by atoms with E-state index in [1.54, 1.807) is 0 Å². The Balaban J connectivity index is 2.98. The SMILES string of the molecule is COC(=O)CC(O)C(O)c1cc(OC)c(N)cc1F. The number of benzene rings is 1. The first-order chi connectivity index (χ1) is 8.90. The van der Waals surface area contributed by atoms with Crippen LogP contribution in [0.3, 0.4) is 0 Å². The van der Waals surface area contributed by atoms with Gasteiger partial charge in [-0.05, 0) is 6.07 Å². The third kappa shape index (κ3) is 3.55. The highest BCUT2D eigenvalue weighted by atomic mass is 19.1. The molecule has 0 saturated carbocycles. The quantitative estimate of drug-likeness (QED) is 0.529. The molecule has 4 N–H and O–H groups in total. The second-order valence-electron chi connectivity index (χ2n) is 3.91. The van der Waals surface area contributed by atoms with Gasteiger partial charge in [0.2, 0.25) is 0 Å². The summed E-state index contributed by atoms with van der Waals surface area (Å²) in [5.74, 6) is -1.34. The van der Waals surface area contributed by atoms with E-state index in [4.69, 9.17) is 10.5 Å². The number of nitrogen functional groups attached to an aromatic ring is 1. The number of hydrogen-bond acceptors (Lipinski definition) is 6. The predicted octanol–water partition coefficient (Wildman–Crippen LogP) is 0.374. The fourth-order valence-corrected chi connectivity index (χ4v) is 1.56. The summed E-state index contributed by atoms with van der Waals surface area (Å²) < 4.78 is 22.9. The minimum atomic E-state index is -1.59. The lowest BCUT2D eigenvalue weighted by Crippen LogP contribution is -2.23. The van der Waals surface area contributed by atoms with E-state index in [1.807, 2.05) is 0 Å². The van der Waals surface area contributed by atoms with Crippen molar-refractivity contribution >= 4 is 11.7 Å². The summed E-state index contributed by atoms with van der Waals surface area (Å²) in [5, 5.41) is 19.5. The molecule has 106 valence electrons. The van der Waals surface area contributed by atoms with E-state index in [1.165, 1.54) is 13.2 Å². The molecule has 0 heterocycles. The molecule has 0 bridgehead atoms. The lowest BCUT2D eigenvalue weighted by atomic mass is 10.0. The topological polar surface area (TPSA) is 102 Å². The lowest BCUT2D eigenvalue weighted by Gasteiger charge is -2.19. The molecule has 7 heteroatoms. The van der Waals surface area contributed by atoms with Crippen molar-refractivity contribution in [1.29, 1.82) is 0 Å². The molecular formula is C12H16FNO5. The van der Waals surface area contributed by atoms with Crippen LogP contribution in [0, 0.1) is 5.82 Å². The van der Waals surface area contributed by atoms with Gasteiger partial charge in [-0.3, -0.25) is 4.79 Å². The standard InChI is InChI=1S/C12H16FNO5/c1-18-10-3-6(7(13)4-8(10)14)12(17)9(15)5-11(16)19-2/h3-4,9,12,15,17H,5,14H2,1-2H3. The molecule has 1 rings (SSSR count). The lowest BCUT2D eigenvalue weighted by molar-refractivity contribution is -0.144. The predicted molar refractivity (Wildman–Crippen MR) is 65.0 cm³/mol. The molecule has 0 saturated heterocycles. The Morgan fingerprint density at radius 1 is 1.42 bits per heavy atom. The number of hydrogen-bond donors (Lipinski definition) is 3. The van der Waals surface area contributed by atoms with E-state index in [9.17, 15) is 19.4 Å². The highest BCUT2D eigenvalue weighted by Crippen LogP contribution is 2.30. The number of halogens is 1. The van der Waals surface area contributed by atoms with E-state index >= 15 is 0 Å². The zero-order chi connectivity index (χ0) is 14.6. The van der Waals surface area contributed by atoms with Crippen LogP contribution in [0.2, 0.25) is 0 Å². The van der Waals surface area contributed by atoms with Crippen LogP contribution in [0.1, 0.15) is 18.1 Å². The van der Waals surface area contributed by atoms with Crippen LogP contribution >= 0.6 is 0 Å². The van der Waals surface area contributed by atoms with Crippen molar-refractivity contribution in [2.24, 2.45) is 0 Å². The number of carbonyl (C=O) groups excluding carboxylic acids is 1. The number of methoxy groups -OCH3 is 2. The zero-order valence-electron chi connectivity index (χ0n) is 10.6. The molecule has 6 nitrogen and oxygen atoms in total. The van der Waals surface area contributed by atoms with E-state index in [-0.39, 0.29) is 17.0 Å². The molecular weight excluding hydrogens is 257 g/mol. The Morgan fingerprint density at radius 3 is 2.58 bits per heavy atom. The number of nitrogens with two attached hydrogens (primary N) is 1. The number of rotatable bonds is 5. The van der Waals surface area contributed by atoms with Gasteiger partial charge < -0.3 is 25.4 Å². The summed E-state index contributed by atoms with van der Waals surface area (Å²) in [6, 6.07) is 2.15. The van der Waals surface area contributed by atoms with Crippen molar-refractivity contribution < 1.29 is 28.9 Å². The zero-order valence-corrected chi connectivity index (χ0v) is 10.6. The van der Waals surface area contributed by atoms with Crippen molar-refractivity contribution in [1.82, 2.24) is 0 Å². The van der Waals surface area contributed by atoms with Gasteiger partial charge in [-0.15, -0.1) is 0 Å². The summed E-state index contributed by atoms with van der Waals surface area (Å²) in [6.07, 6.45) is -3.53. The van der Waals surface area contributed by atoms with Gasteiger partial charge in [0.25, 0.3) is 0 Å². The molecule has 1 aromatic rings. The number of esters is 1. The summed E-state index contributed by atoms with van der Waals surface area (Å²) in [4.78, 5) is 11.0. The fourth-order valence-electron chi connectivity index (χ4n) is 1.56. The molecule has 19 heavy (non-hydrogen) atoms.